The minimum absolute atomic E-state index is 0.0769. The van der Waals surface area contributed by atoms with Crippen LogP contribution in [0.15, 0.2) is 18.2 Å². The highest BCUT2D eigenvalue weighted by Gasteiger charge is 2.22. The number of ether oxygens (including phenoxy) is 1. The van der Waals surface area contributed by atoms with Crippen LogP contribution < -0.4 is 0 Å². The lowest BCUT2D eigenvalue weighted by molar-refractivity contribution is 0.0690. The Labute approximate surface area is 92.9 Å². The molecule has 3 nitrogen and oxygen atoms in total. The summed E-state index contributed by atoms with van der Waals surface area (Å²) in [5.74, 6) is -1.73. The first-order valence-corrected chi connectivity index (χ1v) is 5.29. The van der Waals surface area contributed by atoms with Gasteiger partial charge in [-0.3, -0.25) is 0 Å². The first kappa shape index (κ1) is 11.1. The summed E-state index contributed by atoms with van der Waals surface area (Å²) in [6.45, 7) is 1.23. The van der Waals surface area contributed by atoms with Gasteiger partial charge in [0.2, 0.25) is 0 Å². The molecule has 1 aromatic rings. The summed E-state index contributed by atoms with van der Waals surface area (Å²) in [4.78, 5) is 10.8. The van der Waals surface area contributed by atoms with Crippen molar-refractivity contribution in [2.24, 2.45) is 0 Å². The van der Waals surface area contributed by atoms with Gasteiger partial charge < -0.3 is 9.84 Å². The average Bonchev–Trinajstić information content (AvgIpc) is 2.30. The molecule has 0 radical (unpaired) electrons. The molecule has 1 fully saturated rings. The Kier molecular flexibility index (Phi) is 3.19. The molecule has 1 aliphatic heterocycles. The molecule has 16 heavy (non-hydrogen) atoms. The van der Waals surface area contributed by atoms with Crippen molar-refractivity contribution in [2.45, 2.75) is 18.8 Å². The Hall–Kier alpha value is -1.42. The van der Waals surface area contributed by atoms with E-state index in [-0.39, 0.29) is 11.5 Å². The lowest BCUT2D eigenvalue weighted by atomic mass is 9.90. The Morgan fingerprint density at radius 1 is 1.38 bits per heavy atom. The van der Waals surface area contributed by atoms with Crippen molar-refractivity contribution in [1.29, 1.82) is 0 Å². The highest BCUT2D eigenvalue weighted by atomic mass is 19.1. The van der Waals surface area contributed by atoms with Gasteiger partial charge in [0.1, 0.15) is 5.82 Å². The number of aromatic carboxylic acids is 1. The minimum Gasteiger partial charge on any atom is -0.478 e. The van der Waals surface area contributed by atoms with Gasteiger partial charge in [-0.15, -0.1) is 0 Å². The molecule has 1 saturated heterocycles. The van der Waals surface area contributed by atoms with Crippen LogP contribution in [0.1, 0.15) is 34.7 Å². The number of carboxylic acid groups (broad SMARTS) is 1. The van der Waals surface area contributed by atoms with Crippen molar-refractivity contribution < 1.29 is 19.0 Å². The third-order valence-electron chi connectivity index (χ3n) is 2.92. The highest BCUT2D eigenvalue weighted by Crippen LogP contribution is 2.29. The zero-order valence-corrected chi connectivity index (χ0v) is 8.78. The molecule has 0 amide bonds. The summed E-state index contributed by atoms with van der Waals surface area (Å²) in [6, 6.07) is 4.55. The zero-order chi connectivity index (χ0) is 11.5. The molecule has 0 atom stereocenters. The Morgan fingerprint density at radius 3 is 2.69 bits per heavy atom. The van der Waals surface area contributed by atoms with Gasteiger partial charge in [0.25, 0.3) is 0 Å². The largest absolute Gasteiger partial charge is 0.478 e. The molecule has 1 N–H and O–H groups in total. The summed E-state index contributed by atoms with van der Waals surface area (Å²) in [5, 5.41) is 8.82. The van der Waals surface area contributed by atoms with Crippen LogP contribution in [0.4, 0.5) is 4.39 Å². The van der Waals surface area contributed by atoms with Crippen molar-refractivity contribution in [1.82, 2.24) is 0 Å². The van der Waals surface area contributed by atoms with Crippen molar-refractivity contribution in [3.05, 3.63) is 35.1 Å². The number of benzene rings is 1. The average molecular weight is 224 g/mol. The summed E-state index contributed by atoms with van der Waals surface area (Å²) in [5.41, 5.74) is 0.257. The number of carboxylic acids is 1. The maximum absolute atomic E-state index is 13.9. The molecule has 0 unspecified atom stereocenters. The van der Waals surface area contributed by atoms with Gasteiger partial charge in [-0.25, -0.2) is 9.18 Å². The van der Waals surface area contributed by atoms with Crippen LogP contribution in [-0.2, 0) is 4.74 Å². The standard InChI is InChI=1S/C12H13FO3/c13-11-9(8-4-6-16-7-5-8)2-1-3-10(11)12(14)15/h1-3,8H,4-7H2,(H,14,15). The summed E-state index contributed by atoms with van der Waals surface area (Å²) >= 11 is 0. The van der Waals surface area contributed by atoms with E-state index in [1.165, 1.54) is 6.07 Å². The predicted molar refractivity (Wildman–Crippen MR) is 56.2 cm³/mol. The van der Waals surface area contributed by atoms with Crippen molar-refractivity contribution >= 4 is 5.97 Å². The van der Waals surface area contributed by atoms with Gasteiger partial charge in [0, 0.05) is 13.2 Å². The van der Waals surface area contributed by atoms with Crippen LogP contribution in [-0.4, -0.2) is 24.3 Å². The second-order valence-corrected chi connectivity index (χ2v) is 3.90. The van der Waals surface area contributed by atoms with E-state index in [1.54, 1.807) is 12.1 Å². The van der Waals surface area contributed by atoms with Crippen LogP contribution in [0.2, 0.25) is 0 Å². The zero-order valence-electron chi connectivity index (χ0n) is 8.78. The first-order valence-electron chi connectivity index (χ1n) is 5.29. The summed E-state index contributed by atoms with van der Waals surface area (Å²) < 4.78 is 19.1. The molecule has 0 spiro atoms. The Bertz CT molecular complexity index is 397. The van der Waals surface area contributed by atoms with Gasteiger partial charge in [-0.05, 0) is 30.4 Å². The molecule has 0 aromatic heterocycles. The van der Waals surface area contributed by atoms with E-state index < -0.39 is 11.8 Å². The number of carbonyl (C=O) groups is 1. The van der Waals surface area contributed by atoms with E-state index >= 15 is 0 Å². The van der Waals surface area contributed by atoms with Crippen LogP contribution >= 0.6 is 0 Å². The van der Waals surface area contributed by atoms with E-state index in [2.05, 4.69) is 0 Å². The van der Waals surface area contributed by atoms with Crippen molar-refractivity contribution in [3.63, 3.8) is 0 Å². The molecule has 0 bridgehead atoms. The van der Waals surface area contributed by atoms with Crippen LogP contribution in [0.25, 0.3) is 0 Å². The fraction of sp³-hybridized carbons (Fsp3) is 0.417. The monoisotopic (exact) mass is 224 g/mol. The van der Waals surface area contributed by atoms with E-state index in [9.17, 15) is 9.18 Å². The fourth-order valence-corrected chi connectivity index (χ4v) is 2.04. The van der Waals surface area contributed by atoms with Crippen molar-refractivity contribution in [3.8, 4) is 0 Å². The molecule has 0 aliphatic carbocycles. The Morgan fingerprint density at radius 2 is 2.06 bits per heavy atom. The smallest absolute Gasteiger partial charge is 0.338 e. The third-order valence-corrected chi connectivity index (χ3v) is 2.92. The van der Waals surface area contributed by atoms with E-state index in [1.807, 2.05) is 0 Å². The normalized spacial score (nSPS) is 17.3. The van der Waals surface area contributed by atoms with Crippen molar-refractivity contribution in [2.75, 3.05) is 13.2 Å². The molecule has 0 saturated carbocycles. The summed E-state index contributed by atoms with van der Waals surface area (Å²) in [6.07, 6.45) is 1.50. The number of hydrogen-bond donors (Lipinski definition) is 1. The van der Waals surface area contributed by atoms with Gasteiger partial charge in [-0.1, -0.05) is 12.1 Å². The number of halogens is 1. The van der Waals surface area contributed by atoms with E-state index in [0.29, 0.717) is 18.8 Å². The second-order valence-electron chi connectivity index (χ2n) is 3.90. The maximum atomic E-state index is 13.9. The SMILES string of the molecule is O=C(O)c1cccc(C2CCOCC2)c1F. The number of hydrogen-bond acceptors (Lipinski definition) is 2. The lowest BCUT2D eigenvalue weighted by Crippen LogP contribution is -2.16. The predicted octanol–water partition coefficient (Wildman–Crippen LogP) is 2.42. The van der Waals surface area contributed by atoms with Gasteiger partial charge >= 0.3 is 5.97 Å². The van der Waals surface area contributed by atoms with Crippen LogP contribution in [0, 0.1) is 5.82 Å². The van der Waals surface area contributed by atoms with Crippen LogP contribution in [0.3, 0.4) is 0 Å². The number of rotatable bonds is 2. The highest BCUT2D eigenvalue weighted by molar-refractivity contribution is 5.88. The topological polar surface area (TPSA) is 46.5 Å². The van der Waals surface area contributed by atoms with E-state index in [4.69, 9.17) is 9.84 Å². The second kappa shape index (κ2) is 4.61. The molecule has 1 aromatic carbocycles. The van der Waals surface area contributed by atoms with Gasteiger partial charge in [0.05, 0.1) is 5.56 Å². The molecular weight excluding hydrogens is 211 g/mol. The quantitative estimate of drug-likeness (QED) is 0.839. The molecule has 86 valence electrons. The lowest BCUT2D eigenvalue weighted by Gasteiger charge is -2.23. The van der Waals surface area contributed by atoms with Gasteiger partial charge in [-0.2, -0.15) is 0 Å². The fourth-order valence-electron chi connectivity index (χ4n) is 2.04. The van der Waals surface area contributed by atoms with E-state index in [0.717, 1.165) is 12.8 Å². The first-order chi connectivity index (χ1) is 7.70. The minimum atomic E-state index is -1.22. The Balaban J connectivity index is 2.33. The molecule has 4 heteroatoms. The van der Waals surface area contributed by atoms with Crippen LogP contribution in [0.5, 0.6) is 0 Å². The third kappa shape index (κ3) is 2.07. The summed E-state index contributed by atoms with van der Waals surface area (Å²) in [7, 11) is 0. The van der Waals surface area contributed by atoms with Gasteiger partial charge in [0.15, 0.2) is 0 Å². The molecule has 2 rings (SSSR count). The molecule has 1 aliphatic rings. The molecular formula is C12H13FO3. The maximum Gasteiger partial charge on any atom is 0.338 e. The molecule has 1 heterocycles.